The second-order valence-electron chi connectivity index (χ2n) is 6.59. The van der Waals surface area contributed by atoms with E-state index in [-0.39, 0.29) is 22.1 Å². The highest BCUT2D eigenvalue weighted by Crippen LogP contribution is 2.20. The number of benzene rings is 2. The average Bonchev–Trinajstić information content (AvgIpc) is 2.70. The molecule has 0 spiro atoms. The number of halogens is 1. The Balaban J connectivity index is 1.66. The van der Waals surface area contributed by atoms with Crippen molar-refractivity contribution in [2.75, 3.05) is 31.9 Å². The van der Waals surface area contributed by atoms with Gasteiger partial charge in [0.25, 0.3) is 5.91 Å². The number of carbonyl (C=O) groups excluding carboxylic acids is 1. The van der Waals surface area contributed by atoms with Crippen LogP contribution in [0.1, 0.15) is 22.8 Å². The number of nitrogens with zero attached hydrogens (tertiary/aromatic N) is 2. The van der Waals surface area contributed by atoms with Gasteiger partial charge in [-0.3, -0.25) is 9.69 Å². The van der Waals surface area contributed by atoms with E-state index in [2.05, 4.69) is 4.90 Å². The van der Waals surface area contributed by atoms with E-state index < -0.39 is 9.84 Å². The van der Waals surface area contributed by atoms with Crippen LogP contribution >= 0.6 is 11.6 Å². The molecule has 27 heavy (non-hydrogen) atoms. The van der Waals surface area contributed by atoms with Crippen LogP contribution in [-0.2, 0) is 16.4 Å². The Morgan fingerprint density at radius 1 is 1.00 bits per heavy atom. The van der Waals surface area contributed by atoms with Crippen LogP contribution in [0.4, 0.5) is 0 Å². The molecule has 7 heteroatoms. The van der Waals surface area contributed by atoms with Crippen LogP contribution < -0.4 is 0 Å². The summed E-state index contributed by atoms with van der Waals surface area (Å²) in [6.07, 6.45) is 0. The van der Waals surface area contributed by atoms with Gasteiger partial charge >= 0.3 is 0 Å². The van der Waals surface area contributed by atoms with E-state index in [1.165, 1.54) is 11.6 Å². The molecule has 0 radical (unpaired) electrons. The Hall–Kier alpha value is -1.89. The van der Waals surface area contributed by atoms with Gasteiger partial charge in [0.2, 0.25) is 0 Å². The fourth-order valence-corrected chi connectivity index (χ4v) is 4.41. The van der Waals surface area contributed by atoms with Gasteiger partial charge in [0.05, 0.1) is 16.2 Å². The summed E-state index contributed by atoms with van der Waals surface area (Å²) in [5, 5.41) is 0.717. The number of piperazine rings is 1. The molecule has 0 unspecified atom stereocenters. The van der Waals surface area contributed by atoms with Crippen LogP contribution in [0.15, 0.2) is 53.4 Å². The minimum atomic E-state index is -3.44. The third kappa shape index (κ3) is 4.69. The third-order valence-corrected chi connectivity index (χ3v) is 6.85. The summed E-state index contributed by atoms with van der Waals surface area (Å²) in [4.78, 5) is 17.1. The highest BCUT2D eigenvalue weighted by atomic mass is 35.5. The van der Waals surface area contributed by atoms with Gasteiger partial charge < -0.3 is 4.90 Å². The monoisotopic (exact) mass is 406 g/mol. The molecule has 5 nitrogen and oxygen atoms in total. The maximum atomic E-state index is 12.9. The fraction of sp³-hybridized carbons (Fsp3) is 0.350. The lowest BCUT2D eigenvalue weighted by atomic mass is 10.1. The zero-order chi connectivity index (χ0) is 19.4. The van der Waals surface area contributed by atoms with Crippen molar-refractivity contribution in [1.29, 1.82) is 0 Å². The van der Waals surface area contributed by atoms with Crippen LogP contribution in [0.3, 0.4) is 0 Å². The molecule has 0 saturated carbocycles. The van der Waals surface area contributed by atoms with E-state index in [0.717, 1.165) is 24.7 Å². The first-order valence-electron chi connectivity index (χ1n) is 8.98. The number of amides is 1. The van der Waals surface area contributed by atoms with Crippen LogP contribution in [0.2, 0.25) is 5.02 Å². The lowest BCUT2D eigenvalue weighted by Crippen LogP contribution is -2.48. The summed E-state index contributed by atoms with van der Waals surface area (Å²) in [7, 11) is -3.44. The zero-order valence-corrected chi connectivity index (χ0v) is 16.8. The molecule has 1 amide bonds. The summed E-state index contributed by atoms with van der Waals surface area (Å²) in [5.74, 6) is -0.236. The predicted molar refractivity (Wildman–Crippen MR) is 107 cm³/mol. The molecule has 1 fully saturated rings. The summed E-state index contributed by atoms with van der Waals surface area (Å²) < 4.78 is 24.6. The standard InChI is InChI=1S/C20H23ClN2O3S/c1-2-27(25,26)19-6-4-3-5-18(19)20(24)23-13-11-22(12-14-23)15-16-7-9-17(21)10-8-16/h3-10H,2,11-15H2,1H3. The average molecular weight is 407 g/mol. The van der Waals surface area contributed by atoms with Crippen LogP contribution in [0, 0.1) is 0 Å². The van der Waals surface area contributed by atoms with E-state index in [4.69, 9.17) is 11.6 Å². The number of rotatable bonds is 5. The first kappa shape index (κ1) is 19.9. The topological polar surface area (TPSA) is 57.7 Å². The van der Waals surface area contributed by atoms with Crippen LogP contribution in [0.5, 0.6) is 0 Å². The van der Waals surface area contributed by atoms with E-state index >= 15 is 0 Å². The van der Waals surface area contributed by atoms with Crippen molar-refractivity contribution in [3.05, 3.63) is 64.7 Å². The van der Waals surface area contributed by atoms with Crippen molar-refractivity contribution < 1.29 is 13.2 Å². The Morgan fingerprint density at radius 3 is 2.26 bits per heavy atom. The van der Waals surface area contributed by atoms with Crippen molar-refractivity contribution >= 4 is 27.3 Å². The smallest absolute Gasteiger partial charge is 0.255 e. The summed E-state index contributed by atoms with van der Waals surface area (Å²) in [6.45, 7) is 5.04. The van der Waals surface area contributed by atoms with Crippen molar-refractivity contribution in [2.24, 2.45) is 0 Å². The van der Waals surface area contributed by atoms with E-state index in [1.807, 2.05) is 24.3 Å². The quantitative estimate of drug-likeness (QED) is 0.765. The molecule has 3 rings (SSSR count). The van der Waals surface area contributed by atoms with Gasteiger partial charge in [-0.25, -0.2) is 8.42 Å². The molecule has 0 bridgehead atoms. The maximum Gasteiger partial charge on any atom is 0.255 e. The molecule has 0 aliphatic carbocycles. The van der Waals surface area contributed by atoms with Crippen LogP contribution in [0.25, 0.3) is 0 Å². The van der Waals surface area contributed by atoms with E-state index in [0.29, 0.717) is 13.1 Å². The minimum absolute atomic E-state index is 0.0217. The lowest BCUT2D eigenvalue weighted by Gasteiger charge is -2.35. The molecular formula is C20H23ClN2O3S. The molecule has 0 aromatic heterocycles. The van der Waals surface area contributed by atoms with Crippen molar-refractivity contribution in [1.82, 2.24) is 9.80 Å². The third-order valence-electron chi connectivity index (χ3n) is 4.81. The fourth-order valence-electron chi connectivity index (χ4n) is 3.20. The normalized spacial score (nSPS) is 15.7. The first-order valence-corrected chi connectivity index (χ1v) is 11.0. The summed E-state index contributed by atoms with van der Waals surface area (Å²) in [6, 6.07) is 14.2. The van der Waals surface area contributed by atoms with Gasteiger partial charge in [0.15, 0.2) is 9.84 Å². The highest BCUT2D eigenvalue weighted by Gasteiger charge is 2.26. The van der Waals surface area contributed by atoms with E-state index in [9.17, 15) is 13.2 Å². The highest BCUT2D eigenvalue weighted by molar-refractivity contribution is 7.91. The van der Waals surface area contributed by atoms with Gasteiger partial charge in [0, 0.05) is 37.7 Å². The van der Waals surface area contributed by atoms with Gasteiger partial charge in [-0.15, -0.1) is 0 Å². The second kappa shape index (κ2) is 8.42. The number of hydrogen-bond acceptors (Lipinski definition) is 4. The van der Waals surface area contributed by atoms with Crippen molar-refractivity contribution in [2.45, 2.75) is 18.4 Å². The molecule has 1 saturated heterocycles. The SMILES string of the molecule is CCS(=O)(=O)c1ccccc1C(=O)N1CCN(Cc2ccc(Cl)cc2)CC1. The van der Waals surface area contributed by atoms with E-state index in [1.54, 1.807) is 30.0 Å². The minimum Gasteiger partial charge on any atom is -0.336 e. The zero-order valence-electron chi connectivity index (χ0n) is 15.3. The van der Waals surface area contributed by atoms with Crippen molar-refractivity contribution in [3.8, 4) is 0 Å². The molecule has 0 atom stereocenters. The Kier molecular flexibility index (Phi) is 6.19. The maximum absolute atomic E-state index is 12.9. The molecule has 0 N–H and O–H groups in total. The molecule has 1 aliphatic rings. The molecule has 1 heterocycles. The van der Waals surface area contributed by atoms with Gasteiger partial charge in [-0.05, 0) is 29.8 Å². The predicted octanol–water partition coefficient (Wildman–Crippen LogP) is 3.09. The Morgan fingerprint density at radius 2 is 1.63 bits per heavy atom. The molecule has 1 aliphatic heterocycles. The lowest BCUT2D eigenvalue weighted by molar-refractivity contribution is 0.0624. The summed E-state index contributed by atoms with van der Waals surface area (Å²) >= 11 is 5.92. The first-order chi connectivity index (χ1) is 12.9. The molecule has 144 valence electrons. The van der Waals surface area contributed by atoms with Crippen molar-refractivity contribution in [3.63, 3.8) is 0 Å². The second-order valence-corrected chi connectivity index (χ2v) is 9.28. The molecule has 2 aromatic carbocycles. The molecule has 2 aromatic rings. The van der Waals surface area contributed by atoms with Gasteiger partial charge in [-0.1, -0.05) is 42.8 Å². The van der Waals surface area contributed by atoms with Gasteiger partial charge in [0.1, 0.15) is 0 Å². The Labute approximate surface area is 165 Å². The van der Waals surface area contributed by atoms with Crippen LogP contribution in [-0.4, -0.2) is 56.1 Å². The van der Waals surface area contributed by atoms with Gasteiger partial charge in [-0.2, -0.15) is 0 Å². The molecular weight excluding hydrogens is 384 g/mol. The largest absolute Gasteiger partial charge is 0.336 e. The summed E-state index contributed by atoms with van der Waals surface area (Å²) in [5.41, 5.74) is 1.45. The number of hydrogen-bond donors (Lipinski definition) is 0. The Bertz CT molecular complexity index is 905. The number of carbonyl (C=O) groups is 1. The number of sulfone groups is 1.